The maximum atomic E-state index is 11.9. The average molecular weight is 207 g/mol. The first kappa shape index (κ1) is 10.1. The van der Waals surface area contributed by atoms with Gasteiger partial charge < -0.3 is 9.30 Å². The first-order valence-corrected chi connectivity index (χ1v) is 5.06. The van der Waals surface area contributed by atoms with E-state index >= 15 is 0 Å². The molecule has 15 heavy (non-hydrogen) atoms. The zero-order chi connectivity index (χ0) is 10.8. The van der Waals surface area contributed by atoms with Crippen molar-refractivity contribution in [3.63, 3.8) is 0 Å². The number of ketones is 1. The molecule has 0 radical (unpaired) electrons. The van der Waals surface area contributed by atoms with Gasteiger partial charge in [-0.15, -0.1) is 0 Å². The molecule has 1 fully saturated rings. The second-order valence-electron chi connectivity index (χ2n) is 3.60. The molecule has 0 unspecified atom stereocenters. The molecule has 4 nitrogen and oxygen atoms in total. The number of pyridine rings is 1. The van der Waals surface area contributed by atoms with Gasteiger partial charge >= 0.3 is 0 Å². The number of carbonyl (C=O) groups is 1. The van der Waals surface area contributed by atoms with Crippen LogP contribution >= 0.6 is 0 Å². The van der Waals surface area contributed by atoms with Crippen LogP contribution in [0.3, 0.4) is 0 Å². The summed E-state index contributed by atoms with van der Waals surface area (Å²) in [5.74, 6) is -0.102. The third-order valence-corrected chi connectivity index (χ3v) is 2.61. The Kier molecular flexibility index (Phi) is 2.68. The average Bonchev–Trinajstić information content (AvgIpc) is 2.17. The normalized spacial score (nSPS) is 16.1. The zero-order valence-electron chi connectivity index (χ0n) is 8.60. The van der Waals surface area contributed by atoms with E-state index < -0.39 is 0 Å². The Hall–Kier alpha value is -1.42. The van der Waals surface area contributed by atoms with Gasteiger partial charge in [0.15, 0.2) is 5.78 Å². The fourth-order valence-corrected chi connectivity index (χ4v) is 1.58. The molecule has 0 bridgehead atoms. The van der Waals surface area contributed by atoms with Gasteiger partial charge in [-0.05, 0) is 12.1 Å². The molecule has 1 aromatic rings. The van der Waals surface area contributed by atoms with E-state index in [1.54, 1.807) is 29.8 Å². The van der Waals surface area contributed by atoms with Crippen molar-refractivity contribution in [1.82, 2.24) is 4.57 Å². The third kappa shape index (κ3) is 1.72. The van der Waals surface area contributed by atoms with Crippen LogP contribution in [-0.4, -0.2) is 23.6 Å². The minimum absolute atomic E-state index is 0.0992. The molecule has 2 rings (SSSR count). The highest BCUT2D eigenvalue weighted by Crippen LogP contribution is 2.14. The lowest BCUT2D eigenvalue weighted by Crippen LogP contribution is -2.38. The van der Waals surface area contributed by atoms with Crippen LogP contribution in [-0.2, 0) is 4.74 Å². The summed E-state index contributed by atoms with van der Waals surface area (Å²) in [6.45, 7) is 2.87. The van der Waals surface area contributed by atoms with Gasteiger partial charge in [0.25, 0.3) is 5.56 Å². The molecule has 4 heteroatoms. The summed E-state index contributed by atoms with van der Waals surface area (Å²) in [5.41, 5.74) is 0.0875. The van der Waals surface area contributed by atoms with Crippen LogP contribution in [0.2, 0.25) is 0 Å². The molecule has 1 aromatic heterocycles. The van der Waals surface area contributed by atoms with Crippen molar-refractivity contribution in [2.75, 3.05) is 13.2 Å². The molecule has 2 heterocycles. The highest BCUT2D eigenvalue weighted by molar-refractivity contribution is 5.95. The predicted octanol–water partition coefficient (Wildman–Crippen LogP) is 1.01. The number of aromatic nitrogens is 1. The SMILES string of the molecule is CCC(=O)c1cccn(C2COC2)c1=O. The van der Waals surface area contributed by atoms with E-state index in [9.17, 15) is 9.59 Å². The van der Waals surface area contributed by atoms with E-state index in [0.717, 1.165) is 0 Å². The van der Waals surface area contributed by atoms with Gasteiger partial charge in [-0.1, -0.05) is 6.92 Å². The topological polar surface area (TPSA) is 48.3 Å². The number of nitrogens with zero attached hydrogens (tertiary/aromatic N) is 1. The van der Waals surface area contributed by atoms with Gasteiger partial charge in [0.1, 0.15) is 0 Å². The van der Waals surface area contributed by atoms with E-state index in [-0.39, 0.29) is 22.9 Å². The molecule has 1 saturated heterocycles. The van der Waals surface area contributed by atoms with Crippen LogP contribution in [0.4, 0.5) is 0 Å². The summed E-state index contributed by atoms with van der Waals surface area (Å²) in [6, 6.07) is 3.43. The molecule has 0 amide bonds. The lowest BCUT2D eigenvalue weighted by atomic mass is 10.1. The Labute approximate surface area is 87.5 Å². The summed E-state index contributed by atoms with van der Waals surface area (Å²) < 4.78 is 6.62. The molecule has 1 aliphatic heterocycles. The quantitative estimate of drug-likeness (QED) is 0.695. The van der Waals surface area contributed by atoms with Crippen LogP contribution in [0.15, 0.2) is 23.1 Å². The van der Waals surface area contributed by atoms with Crippen molar-refractivity contribution in [3.05, 3.63) is 34.2 Å². The predicted molar refractivity (Wildman–Crippen MR) is 55.2 cm³/mol. The summed E-state index contributed by atoms with van der Waals surface area (Å²) in [6.07, 6.45) is 2.07. The van der Waals surface area contributed by atoms with Crippen molar-refractivity contribution in [1.29, 1.82) is 0 Å². The number of ether oxygens (including phenoxy) is 1. The fraction of sp³-hybridized carbons (Fsp3) is 0.455. The number of carbonyl (C=O) groups excluding carboxylic acids is 1. The Morgan fingerprint density at radius 2 is 2.33 bits per heavy atom. The summed E-state index contributed by atoms with van der Waals surface area (Å²) >= 11 is 0. The second kappa shape index (κ2) is 3.98. The van der Waals surface area contributed by atoms with E-state index in [2.05, 4.69) is 0 Å². The molecule has 0 spiro atoms. The Morgan fingerprint density at radius 1 is 1.60 bits per heavy atom. The Morgan fingerprint density at radius 3 is 2.87 bits per heavy atom. The first-order valence-electron chi connectivity index (χ1n) is 5.06. The lowest BCUT2D eigenvalue weighted by Gasteiger charge is -2.28. The molecular weight excluding hydrogens is 194 g/mol. The van der Waals surface area contributed by atoms with Crippen molar-refractivity contribution < 1.29 is 9.53 Å². The van der Waals surface area contributed by atoms with Crippen LogP contribution in [0.5, 0.6) is 0 Å². The minimum atomic E-state index is -0.197. The van der Waals surface area contributed by atoms with Gasteiger partial charge in [0, 0.05) is 12.6 Å². The summed E-state index contributed by atoms with van der Waals surface area (Å²) in [4.78, 5) is 23.4. The van der Waals surface area contributed by atoms with E-state index in [1.165, 1.54) is 0 Å². The number of rotatable bonds is 3. The Balaban J connectivity index is 2.41. The zero-order valence-corrected chi connectivity index (χ0v) is 8.60. The fourth-order valence-electron chi connectivity index (χ4n) is 1.58. The van der Waals surface area contributed by atoms with Crippen molar-refractivity contribution in [2.24, 2.45) is 0 Å². The minimum Gasteiger partial charge on any atom is -0.377 e. The van der Waals surface area contributed by atoms with Crippen molar-refractivity contribution >= 4 is 5.78 Å². The largest absolute Gasteiger partial charge is 0.377 e. The second-order valence-corrected chi connectivity index (χ2v) is 3.60. The summed E-state index contributed by atoms with van der Waals surface area (Å²) in [5, 5.41) is 0. The smallest absolute Gasteiger partial charge is 0.261 e. The third-order valence-electron chi connectivity index (χ3n) is 2.61. The van der Waals surface area contributed by atoms with E-state index in [0.29, 0.717) is 19.6 Å². The van der Waals surface area contributed by atoms with E-state index in [1.807, 2.05) is 0 Å². The van der Waals surface area contributed by atoms with Crippen LogP contribution in [0, 0.1) is 0 Å². The molecule has 0 atom stereocenters. The van der Waals surface area contributed by atoms with Gasteiger partial charge in [-0.2, -0.15) is 0 Å². The standard InChI is InChI=1S/C11H13NO3/c1-2-10(13)9-4-3-5-12(11(9)14)8-6-15-7-8/h3-5,8H,2,6-7H2,1H3. The maximum Gasteiger partial charge on any atom is 0.261 e. The van der Waals surface area contributed by atoms with Gasteiger partial charge in [-0.25, -0.2) is 0 Å². The highest BCUT2D eigenvalue weighted by atomic mass is 16.5. The first-order chi connectivity index (χ1) is 7.24. The molecule has 0 N–H and O–H groups in total. The summed E-state index contributed by atoms with van der Waals surface area (Å²) in [7, 11) is 0. The van der Waals surface area contributed by atoms with Crippen molar-refractivity contribution in [3.8, 4) is 0 Å². The van der Waals surface area contributed by atoms with Crippen LogP contribution in [0.25, 0.3) is 0 Å². The van der Waals surface area contributed by atoms with Gasteiger partial charge in [-0.3, -0.25) is 9.59 Å². The van der Waals surface area contributed by atoms with Crippen LogP contribution in [0.1, 0.15) is 29.7 Å². The number of Topliss-reactive ketones (excluding diaryl/α,β-unsaturated/α-hetero) is 1. The van der Waals surface area contributed by atoms with Crippen LogP contribution < -0.4 is 5.56 Å². The van der Waals surface area contributed by atoms with Crippen molar-refractivity contribution in [2.45, 2.75) is 19.4 Å². The van der Waals surface area contributed by atoms with Gasteiger partial charge in [0.2, 0.25) is 0 Å². The molecular formula is C11H13NO3. The van der Waals surface area contributed by atoms with E-state index in [4.69, 9.17) is 4.74 Å². The Bertz CT molecular complexity index is 432. The molecule has 0 aliphatic carbocycles. The molecule has 80 valence electrons. The molecule has 0 saturated carbocycles. The highest BCUT2D eigenvalue weighted by Gasteiger charge is 2.22. The molecule has 1 aliphatic rings. The molecule has 0 aromatic carbocycles. The van der Waals surface area contributed by atoms with Gasteiger partial charge in [0.05, 0.1) is 24.8 Å². The lowest BCUT2D eigenvalue weighted by molar-refractivity contribution is -0.0249. The monoisotopic (exact) mass is 207 g/mol. The maximum absolute atomic E-state index is 11.9. The number of hydrogen-bond acceptors (Lipinski definition) is 3. The number of hydrogen-bond donors (Lipinski definition) is 0.